The van der Waals surface area contributed by atoms with E-state index >= 15 is 0 Å². The predicted molar refractivity (Wildman–Crippen MR) is 205 cm³/mol. The normalized spacial score (nSPS) is 21.1. The molecule has 0 unspecified atom stereocenters. The van der Waals surface area contributed by atoms with Crippen LogP contribution in [0.25, 0.3) is 11.1 Å². The monoisotopic (exact) mass is 751 g/mol. The summed E-state index contributed by atoms with van der Waals surface area (Å²) in [5, 5.41) is 25.5. The van der Waals surface area contributed by atoms with Crippen molar-refractivity contribution in [1.82, 2.24) is 26.6 Å². The van der Waals surface area contributed by atoms with Crippen LogP contribution >= 0.6 is 11.3 Å². The Kier molecular flexibility index (Phi) is 14.5. The molecule has 0 saturated carbocycles. The lowest BCUT2D eigenvalue weighted by Crippen LogP contribution is -2.59. The van der Waals surface area contributed by atoms with Gasteiger partial charge in [-0.2, -0.15) is 0 Å². The number of nitrogens with one attached hydrogen (secondary N) is 5. The lowest BCUT2D eigenvalue weighted by atomic mass is 9.99. The molecule has 4 atom stereocenters. The molecule has 5 rings (SSSR count). The van der Waals surface area contributed by atoms with Crippen LogP contribution in [0.3, 0.4) is 0 Å². The van der Waals surface area contributed by atoms with Gasteiger partial charge in [0.15, 0.2) is 0 Å². The van der Waals surface area contributed by atoms with Crippen molar-refractivity contribution in [2.24, 2.45) is 0 Å². The van der Waals surface area contributed by atoms with E-state index in [1.807, 2.05) is 78.2 Å². The van der Waals surface area contributed by atoms with Gasteiger partial charge in [-0.25, -0.2) is 4.79 Å². The number of amides is 5. The first-order chi connectivity index (χ1) is 26.1. The zero-order valence-corrected chi connectivity index (χ0v) is 30.6. The summed E-state index contributed by atoms with van der Waals surface area (Å²) >= 11 is 1.41. The first kappa shape index (κ1) is 39.4. The highest BCUT2D eigenvalue weighted by Crippen LogP contribution is 2.20. The minimum absolute atomic E-state index is 0.0455. The predicted octanol–water partition coefficient (Wildman–Crippen LogP) is 3.55. The summed E-state index contributed by atoms with van der Waals surface area (Å²) in [5.74, 6) is -4.07. The van der Waals surface area contributed by atoms with E-state index in [1.54, 1.807) is 24.3 Å². The van der Waals surface area contributed by atoms with Gasteiger partial charge in [-0.3, -0.25) is 24.0 Å². The van der Waals surface area contributed by atoms with Crippen molar-refractivity contribution in [1.29, 1.82) is 0 Å². The Morgan fingerprint density at radius 2 is 1.15 bits per heavy atom. The average Bonchev–Trinajstić information content (AvgIpc) is 3.69. The average molecular weight is 752 g/mol. The van der Waals surface area contributed by atoms with Crippen LogP contribution in [0.4, 0.5) is 0 Å². The van der Waals surface area contributed by atoms with E-state index in [1.165, 1.54) is 11.3 Å². The van der Waals surface area contributed by atoms with Crippen molar-refractivity contribution in [3.63, 3.8) is 0 Å². The smallest absolute Gasteiger partial charge is 0.326 e. The van der Waals surface area contributed by atoms with Gasteiger partial charge in [0.2, 0.25) is 29.5 Å². The molecule has 1 aliphatic rings. The maximum atomic E-state index is 14.3. The second-order valence-corrected chi connectivity index (χ2v) is 14.3. The lowest BCUT2D eigenvalue weighted by Gasteiger charge is -2.26. The van der Waals surface area contributed by atoms with Crippen molar-refractivity contribution >= 4 is 46.8 Å². The van der Waals surface area contributed by atoms with Crippen LogP contribution in [-0.4, -0.2) is 71.3 Å². The van der Waals surface area contributed by atoms with E-state index in [0.717, 1.165) is 27.1 Å². The van der Waals surface area contributed by atoms with Crippen molar-refractivity contribution < 1.29 is 33.9 Å². The Morgan fingerprint density at radius 3 is 1.76 bits per heavy atom. The van der Waals surface area contributed by atoms with Crippen LogP contribution in [0.15, 0.2) is 102 Å². The summed E-state index contributed by atoms with van der Waals surface area (Å²) < 4.78 is 0. The van der Waals surface area contributed by atoms with E-state index in [9.17, 15) is 33.9 Å². The van der Waals surface area contributed by atoms with E-state index in [2.05, 4.69) is 26.6 Å². The van der Waals surface area contributed by atoms with Crippen LogP contribution in [-0.2, 0) is 48.0 Å². The summed E-state index contributed by atoms with van der Waals surface area (Å²) in [5.41, 5.74) is 3.43. The van der Waals surface area contributed by atoms with Gasteiger partial charge < -0.3 is 31.7 Å². The molecule has 0 radical (unpaired) electrons. The van der Waals surface area contributed by atoms with E-state index in [4.69, 9.17) is 0 Å². The van der Waals surface area contributed by atoms with Crippen molar-refractivity contribution in [2.75, 3.05) is 6.54 Å². The molecule has 1 aromatic heterocycles. The fourth-order valence-electron chi connectivity index (χ4n) is 6.16. The number of aliphatic carboxylic acids is 1. The van der Waals surface area contributed by atoms with Gasteiger partial charge >= 0.3 is 5.97 Å². The summed E-state index contributed by atoms with van der Waals surface area (Å²) in [6, 6.07) is 25.3. The summed E-state index contributed by atoms with van der Waals surface area (Å²) in [4.78, 5) is 80.7. The lowest BCUT2D eigenvalue weighted by molar-refractivity contribution is -0.142. The van der Waals surface area contributed by atoms with E-state index in [-0.39, 0.29) is 51.0 Å². The molecule has 12 nitrogen and oxygen atoms in total. The largest absolute Gasteiger partial charge is 0.480 e. The second kappa shape index (κ2) is 19.9. The number of carbonyl (C=O) groups excluding carboxylic acids is 5. The Hall–Kier alpha value is -5.82. The zero-order chi connectivity index (χ0) is 38.3. The molecule has 2 heterocycles. The van der Waals surface area contributed by atoms with Crippen LogP contribution < -0.4 is 26.6 Å². The van der Waals surface area contributed by atoms with Crippen molar-refractivity contribution in [3.05, 3.63) is 118 Å². The Bertz CT molecular complexity index is 1870. The van der Waals surface area contributed by atoms with Crippen LogP contribution in [0, 0.1) is 0 Å². The second-order valence-electron chi connectivity index (χ2n) is 13.2. The fourth-order valence-corrected chi connectivity index (χ4v) is 6.92. The highest BCUT2D eigenvalue weighted by atomic mass is 32.1. The molecule has 4 aromatic rings. The summed E-state index contributed by atoms with van der Waals surface area (Å²) in [6.45, 7) is 0.257. The maximum Gasteiger partial charge on any atom is 0.326 e. The minimum atomic E-state index is -1.24. The standard InChI is InChI=1S/C41H45N5O7S/c47-36-20-21-37(48)43-35(26-31-14-9-23-54-31)40(51)46-34(25-28-16-18-30(19-17-28)29-12-5-2-6-13-29)39(50)45-33(24-27-10-3-1-4-11-27)38(49)44-32(41(52)53)15-7-8-22-42-36/h1-6,9-14,16-19,23,32-35H,7-8,15,20-22,24-26H2,(H,42,47)(H,43,48)(H,44,49)(H,45,50)(H,46,51)(H,52,53)/t32-,33-,34+,35-/m1/s1. The molecular formula is C41H45N5O7S. The van der Waals surface area contributed by atoms with Gasteiger partial charge in [0.1, 0.15) is 24.2 Å². The Morgan fingerprint density at radius 1 is 0.593 bits per heavy atom. The van der Waals surface area contributed by atoms with E-state index < -0.39 is 53.8 Å². The third kappa shape index (κ3) is 12.1. The highest BCUT2D eigenvalue weighted by molar-refractivity contribution is 7.09. The van der Waals surface area contributed by atoms with Gasteiger partial charge in [0.05, 0.1) is 0 Å². The van der Waals surface area contributed by atoms with Gasteiger partial charge in [-0.15, -0.1) is 11.3 Å². The van der Waals surface area contributed by atoms with Crippen LogP contribution in [0.2, 0.25) is 0 Å². The fraction of sp³-hybridized carbons (Fsp3) is 0.317. The molecule has 13 heteroatoms. The number of hydrogen-bond acceptors (Lipinski definition) is 7. The Labute approximate surface area is 318 Å². The summed E-state index contributed by atoms with van der Waals surface area (Å²) in [7, 11) is 0. The molecular weight excluding hydrogens is 707 g/mol. The molecule has 1 fully saturated rings. The molecule has 0 aliphatic carbocycles. The van der Waals surface area contributed by atoms with Crippen molar-refractivity contribution in [2.45, 2.75) is 75.5 Å². The number of hydrogen-bond donors (Lipinski definition) is 6. The third-order valence-electron chi connectivity index (χ3n) is 9.12. The molecule has 3 aromatic carbocycles. The van der Waals surface area contributed by atoms with Crippen LogP contribution in [0.5, 0.6) is 0 Å². The highest BCUT2D eigenvalue weighted by Gasteiger charge is 2.32. The van der Waals surface area contributed by atoms with E-state index in [0.29, 0.717) is 12.8 Å². The molecule has 0 bridgehead atoms. The van der Waals surface area contributed by atoms with Gasteiger partial charge in [-0.1, -0.05) is 91.0 Å². The number of benzene rings is 3. The van der Waals surface area contributed by atoms with Gasteiger partial charge in [-0.05, 0) is 53.0 Å². The SMILES string of the molecule is O=C1CCC(=O)N[C@H](Cc2cccs2)C(=O)N[C@@H](Cc2ccc(-c3ccccc3)cc2)C(=O)N[C@H](Cc2ccccc2)C(=O)N[C@@H](C(=O)O)CCCCN1. The molecule has 5 amide bonds. The Balaban J connectivity index is 1.46. The quantitative estimate of drug-likeness (QED) is 0.159. The summed E-state index contributed by atoms with van der Waals surface area (Å²) in [6.07, 6.45) is 0.899. The van der Waals surface area contributed by atoms with Crippen LogP contribution in [0.1, 0.15) is 48.1 Å². The van der Waals surface area contributed by atoms with Gasteiger partial charge in [0.25, 0.3) is 0 Å². The molecule has 1 saturated heterocycles. The molecule has 54 heavy (non-hydrogen) atoms. The molecule has 282 valence electrons. The first-order valence-electron chi connectivity index (χ1n) is 18.0. The zero-order valence-electron chi connectivity index (χ0n) is 29.8. The number of thiophene rings is 1. The topological polar surface area (TPSA) is 183 Å². The number of carboxylic acid groups (broad SMARTS) is 1. The third-order valence-corrected chi connectivity index (χ3v) is 10.0. The molecule has 0 spiro atoms. The number of carbonyl (C=O) groups is 6. The first-order valence-corrected chi connectivity index (χ1v) is 18.9. The van der Waals surface area contributed by atoms with Crippen molar-refractivity contribution in [3.8, 4) is 11.1 Å². The molecule has 6 N–H and O–H groups in total. The molecule has 1 aliphatic heterocycles. The number of rotatable bonds is 8. The van der Waals surface area contributed by atoms with Gasteiger partial charge in [0, 0.05) is 43.5 Å². The maximum absolute atomic E-state index is 14.3. The minimum Gasteiger partial charge on any atom is -0.480 e. The number of carboxylic acids is 1.